The number of amides is 1. The average molecular weight is 279 g/mol. The Morgan fingerprint density at radius 2 is 2.00 bits per heavy atom. The molecule has 0 saturated heterocycles. The Morgan fingerprint density at radius 3 is 2.60 bits per heavy atom. The van der Waals surface area contributed by atoms with Crippen LogP contribution in [0.25, 0.3) is 0 Å². The van der Waals surface area contributed by atoms with E-state index in [1.165, 1.54) is 12.5 Å². The summed E-state index contributed by atoms with van der Waals surface area (Å²) in [5.41, 5.74) is 0.0464. The molecule has 1 saturated carbocycles. The molecule has 110 valence electrons. The van der Waals surface area contributed by atoms with Crippen LogP contribution < -0.4 is 0 Å². The molecule has 1 aromatic carbocycles. The molecular weight excluding hydrogens is 257 g/mol. The highest BCUT2D eigenvalue weighted by Gasteiger charge is 2.27. The van der Waals surface area contributed by atoms with Gasteiger partial charge in [0.15, 0.2) is 0 Å². The second-order valence-corrected chi connectivity index (χ2v) is 5.66. The first kappa shape index (κ1) is 14.8. The van der Waals surface area contributed by atoms with Crippen LogP contribution in [-0.2, 0) is 0 Å². The van der Waals surface area contributed by atoms with Crippen molar-refractivity contribution in [1.29, 1.82) is 0 Å². The highest BCUT2D eigenvalue weighted by Crippen LogP contribution is 2.30. The van der Waals surface area contributed by atoms with Crippen molar-refractivity contribution in [2.24, 2.45) is 5.92 Å². The Morgan fingerprint density at radius 1 is 1.35 bits per heavy atom. The summed E-state index contributed by atoms with van der Waals surface area (Å²) in [6, 6.07) is 3.67. The molecule has 1 fully saturated rings. The molecule has 20 heavy (non-hydrogen) atoms. The maximum absolute atomic E-state index is 13.2. The zero-order valence-electron chi connectivity index (χ0n) is 12.1. The summed E-state index contributed by atoms with van der Waals surface area (Å²) in [5.74, 6) is -0.209. The van der Waals surface area contributed by atoms with Gasteiger partial charge in [0.25, 0.3) is 5.91 Å². The van der Waals surface area contributed by atoms with Gasteiger partial charge in [-0.05, 0) is 49.8 Å². The minimum atomic E-state index is -0.505. The van der Waals surface area contributed by atoms with Crippen LogP contribution in [0.5, 0.6) is 5.75 Å². The van der Waals surface area contributed by atoms with Gasteiger partial charge >= 0.3 is 0 Å². The quantitative estimate of drug-likeness (QED) is 0.918. The lowest BCUT2D eigenvalue weighted by Crippen LogP contribution is -2.39. The van der Waals surface area contributed by atoms with Crippen molar-refractivity contribution in [2.45, 2.75) is 45.1 Å². The molecule has 1 N–H and O–H groups in total. The first-order valence-corrected chi connectivity index (χ1v) is 7.28. The average Bonchev–Trinajstić information content (AvgIpc) is 2.48. The summed E-state index contributed by atoms with van der Waals surface area (Å²) in [5, 5.41) is 9.72. The fourth-order valence-electron chi connectivity index (χ4n) is 2.98. The lowest BCUT2D eigenvalue weighted by Gasteiger charge is -2.34. The van der Waals surface area contributed by atoms with Crippen LogP contribution in [0.4, 0.5) is 4.39 Å². The zero-order valence-corrected chi connectivity index (χ0v) is 12.1. The topological polar surface area (TPSA) is 40.5 Å². The van der Waals surface area contributed by atoms with E-state index in [-0.39, 0.29) is 23.3 Å². The standard InChI is InChI=1S/C16H22FNO2/c1-3-11-4-7-13(8-5-11)18(2)16(20)14-10-12(17)6-9-15(14)19/h6,9-11,13,19H,3-5,7-8H2,1-2H3. The van der Waals surface area contributed by atoms with Gasteiger partial charge in [0, 0.05) is 13.1 Å². The molecule has 0 atom stereocenters. The highest BCUT2D eigenvalue weighted by molar-refractivity contribution is 5.96. The molecule has 0 radical (unpaired) electrons. The van der Waals surface area contributed by atoms with Gasteiger partial charge in [-0.2, -0.15) is 0 Å². The minimum Gasteiger partial charge on any atom is -0.507 e. The summed E-state index contributed by atoms with van der Waals surface area (Å²) in [7, 11) is 1.74. The summed E-state index contributed by atoms with van der Waals surface area (Å²) in [4.78, 5) is 14.0. The molecule has 0 aliphatic heterocycles. The molecule has 0 spiro atoms. The third kappa shape index (κ3) is 3.11. The molecule has 1 aliphatic carbocycles. The minimum absolute atomic E-state index is 0.0464. The maximum atomic E-state index is 13.2. The predicted molar refractivity (Wildman–Crippen MR) is 76.2 cm³/mol. The lowest BCUT2D eigenvalue weighted by molar-refractivity contribution is 0.0671. The van der Waals surface area contributed by atoms with Gasteiger partial charge in [-0.25, -0.2) is 4.39 Å². The second-order valence-electron chi connectivity index (χ2n) is 5.66. The van der Waals surface area contributed by atoms with Gasteiger partial charge < -0.3 is 10.0 Å². The highest BCUT2D eigenvalue weighted by atomic mass is 19.1. The largest absolute Gasteiger partial charge is 0.507 e. The van der Waals surface area contributed by atoms with Gasteiger partial charge in [-0.15, -0.1) is 0 Å². The third-order valence-electron chi connectivity index (χ3n) is 4.45. The van der Waals surface area contributed by atoms with Crippen molar-refractivity contribution in [3.8, 4) is 5.75 Å². The molecule has 2 rings (SSSR count). The molecule has 0 aromatic heterocycles. The second kappa shape index (κ2) is 6.25. The number of aromatic hydroxyl groups is 1. The van der Waals surface area contributed by atoms with Crippen LogP contribution in [0.2, 0.25) is 0 Å². The predicted octanol–water partition coefficient (Wildman–Crippen LogP) is 3.57. The van der Waals surface area contributed by atoms with Crippen LogP contribution >= 0.6 is 0 Å². The van der Waals surface area contributed by atoms with E-state index >= 15 is 0 Å². The van der Waals surface area contributed by atoms with Crippen molar-refractivity contribution < 1.29 is 14.3 Å². The first-order valence-electron chi connectivity index (χ1n) is 7.28. The Labute approximate surface area is 119 Å². The molecule has 0 heterocycles. The number of hydrogen-bond acceptors (Lipinski definition) is 2. The summed E-state index contributed by atoms with van der Waals surface area (Å²) >= 11 is 0. The molecule has 1 aromatic rings. The van der Waals surface area contributed by atoms with E-state index < -0.39 is 5.82 Å². The van der Waals surface area contributed by atoms with Crippen molar-refractivity contribution in [2.75, 3.05) is 7.05 Å². The fraction of sp³-hybridized carbons (Fsp3) is 0.562. The number of phenolic OH excluding ortho intramolecular Hbond substituents is 1. The summed E-state index contributed by atoms with van der Waals surface area (Å²) in [6.07, 6.45) is 5.42. The van der Waals surface area contributed by atoms with Crippen LogP contribution in [0.15, 0.2) is 18.2 Å². The number of hydrogen-bond donors (Lipinski definition) is 1. The van der Waals surface area contributed by atoms with E-state index in [0.29, 0.717) is 0 Å². The number of benzene rings is 1. The third-order valence-corrected chi connectivity index (χ3v) is 4.45. The summed E-state index contributed by atoms with van der Waals surface area (Å²) < 4.78 is 13.2. The van der Waals surface area contributed by atoms with E-state index in [9.17, 15) is 14.3 Å². The number of phenols is 1. The monoisotopic (exact) mass is 279 g/mol. The Balaban J connectivity index is 2.07. The van der Waals surface area contributed by atoms with Gasteiger partial charge in [0.1, 0.15) is 11.6 Å². The van der Waals surface area contributed by atoms with Gasteiger partial charge in [-0.1, -0.05) is 13.3 Å². The van der Waals surface area contributed by atoms with E-state index in [1.54, 1.807) is 11.9 Å². The van der Waals surface area contributed by atoms with Gasteiger partial charge in [0.05, 0.1) is 5.56 Å². The molecule has 1 aliphatic rings. The molecule has 1 amide bonds. The smallest absolute Gasteiger partial charge is 0.257 e. The van der Waals surface area contributed by atoms with Crippen LogP contribution in [0, 0.1) is 11.7 Å². The molecule has 4 heteroatoms. The summed E-state index contributed by atoms with van der Waals surface area (Å²) in [6.45, 7) is 2.20. The first-order chi connectivity index (χ1) is 9.52. The van der Waals surface area contributed by atoms with Gasteiger partial charge in [0.2, 0.25) is 0 Å². The van der Waals surface area contributed by atoms with Crippen molar-refractivity contribution in [3.05, 3.63) is 29.6 Å². The molecular formula is C16H22FNO2. The van der Waals surface area contributed by atoms with E-state index in [0.717, 1.165) is 43.7 Å². The van der Waals surface area contributed by atoms with E-state index in [2.05, 4.69) is 6.92 Å². The van der Waals surface area contributed by atoms with Crippen LogP contribution in [0.1, 0.15) is 49.4 Å². The number of rotatable bonds is 3. The SMILES string of the molecule is CCC1CCC(N(C)C(=O)c2cc(F)ccc2O)CC1. The number of carbonyl (C=O) groups is 1. The number of carbonyl (C=O) groups excluding carboxylic acids is 1. The van der Waals surface area contributed by atoms with E-state index in [4.69, 9.17) is 0 Å². The number of halogens is 1. The van der Waals surface area contributed by atoms with Crippen molar-refractivity contribution >= 4 is 5.91 Å². The Hall–Kier alpha value is -1.58. The van der Waals surface area contributed by atoms with Crippen molar-refractivity contribution in [1.82, 2.24) is 4.90 Å². The van der Waals surface area contributed by atoms with Crippen molar-refractivity contribution in [3.63, 3.8) is 0 Å². The van der Waals surface area contributed by atoms with Crippen LogP contribution in [0.3, 0.4) is 0 Å². The maximum Gasteiger partial charge on any atom is 0.257 e. The zero-order chi connectivity index (χ0) is 14.7. The molecule has 3 nitrogen and oxygen atoms in total. The fourth-order valence-corrected chi connectivity index (χ4v) is 2.98. The van der Waals surface area contributed by atoms with Gasteiger partial charge in [-0.3, -0.25) is 4.79 Å². The van der Waals surface area contributed by atoms with E-state index in [1.807, 2.05) is 0 Å². The van der Waals surface area contributed by atoms with Crippen LogP contribution in [-0.4, -0.2) is 29.0 Å². The normalized spacial score (nSPS) is 22.6. The lowest BCUT2D eigenvalue weighted by atomic mass is 9.84. The Bertz CT molecular complexity index is 481. The molecule has 0 bridgehead atoms. The Kier molecular flexibility index (Phi) is 4.63. The number of nitrogens with zero attached hydrogens (tertiary/aromatic N) is 1. The molecule has 0 unspecified atom stereocenters.